The van der Waals surface area contributed by atoms with E-state index in [9.17, 15) is 9.59 Å². The van der Waals surface area contributed by atoms with Crippen molar-refractivity contribution in [3.8, 4) is 5.75 Å². The third-order valence-corrected chi connectivity index (χ3v) is 2.71. The van der Waals surface area contributed by atoms with E-state index in [1.54, 1.807) is 19.2 Å². The summed E-state index contributed by atoms with van der Waals surface area (Å²) in [5.41, 5.74) is 1.22. The van der Waals surface area contributed by atoms with E-state index in [1.165, 1.54) is 4.90 Å². The molecule has 0 radical (unpaired) electrons. The molecule has 0 bridgehead atoms. The van der Waals surface area contributed by atoms with Gasteiger partial charge in [0.25, 0.3) is 12.4 Å². The molecule has 1 aliphatic rings. The highest BCUT2D eigenvalue weighted by Gasteiger charge is 2.25. The summed E-state index contributed by atoms with van der Waals surface area (Å²) in [5, 5.41) is 0.457. The molecule has 6 heteroatoms. The van der Waals surface area contributed by atoms with Gasteiger partial charge >= 0.3 is 0 Å². The molecule has 5 nitrogen and oxygen atoms in total. The predicted molar refractivity (Wildman–Crippen MR) is 61.2 cm³/mol. The van der Waals surface area contributed by atoms with Crippen LogP contribution in [-0.4, -0.2) is 26.0 Å². The van der Waals surface area contributed by atoms with E-state index < -0.39 is 0 Å². The maximum Gasteiger partial charge on any atom is 0.293 e. The lowest BCUT2D eigenvalue weighted by Gasteiger charge is -2.27. The number of fused-ring (bicyclic) bond motifs is 1. The zero-order chi connectivity index (χ0) is 12.4. The number of halogens is 1. The van der Waals surface area contributed by atoms with E-state index in [-0.39, 0.29) is 19.1 Å². The zero-order valence-electron chi connectivity index (χ0n) is 9.10. The van der Waals surface area contributed by atoms with Crippen molar-refractivity contribution in [2.24, 2.45) is 0 Å². The minimum absolute atomic E-state index is 0.0285. The van der Waals surface area contributed by atoms with E-state index in [1.807, 2.05) is 0 Å². The molecule has 1 heterocycles. The molecule has 0 spiro atoms. The lowest BCUT2D eigenvalue weighted by Crippen LogP contribution is -2.35. The van der Waals surface area contributed by atoms with Gasteiger partial charge in [0, 0.05) is 17.6 Å². The molecule has 0 aromatic heterocycles. The van der Waals surface area contributed by atoms with Gasteiger partial charge in [-0.25, -0.2) is 0 Å². The summed E-state index contributed by atoms with van der Waals surface area (Å²) in [4.78, 5) is 23.1. The van der Waals surface area contributed by atoms with Crippen LogP contribution in [-0.2, 0) is 20.9 Å². The molecule has 0 aliphatic carbocycles. The van der Waals surface area contributed by atoms with Crippen LogP contribution in [0.15, 0.2) is 12.1 Å². The Labute approximate surface area is 103 Å². The van der Waals surface area contributed by atoms with Crippen LogP contribution >= 0.6 is 11.6 Å². The average molecular weight is 256 g/mol. The summed E-state index contributed by atoms with van der Waals surface area (Å²) < 4.78 is 10.0. The summed E-state index contributed by atoms with van der Waals surface area (Å²) in [6, 6.07) is 3.28. The van der Waals surface area contributed by atoms with Crippen molar-refractivity contribution in [2.45, 2.75) is 6.61 Å². The number of nitrogens with zero attached hydrogens (tertiary/aromatic N) is 1. The van der Waals surface area contributed by atoms with Gasteiger partial charge in [-0.2, -0.15) is 0 Å². The van der Waals surface area contributed by atoms with Gasteiger partial charge in [-0.05, 0) is 12.1 Å². The van der Waals surface area contributed by atoms with E-state index in [0.717, 1.165) is 0 Å². The summed E-state index contributed by atoms with van der Waals surface area (Å²) in [7, 11) is 1.64. The van der Waals surface area contributed by atoms with Crippen molar-refractivity contribution in [1.82, 2.24) is 0 Å². The fraction of sp³-hybridized carbons (Fsp3) is 0.273. The Balaban J connectivity index is 2.44. The quantitative estimate of drug-likeness (QED) is 0.766. The highest BCUT2D eigenvalue weighted by molar-refractivity contribution is 6.31. The molecule has 0 atom stereocenters. The first-order chi connectivity index (χ1) is 8.13. The lowest BCUT2D eigenvalue weighted by atomic mass is 10.1. The number of amides is 1. The number of anilines is 1. The van der Waals surface area contributed by atoms with Crippen LogP contribution in [0.2, 0.25) is 5.02 Å². The first kappa shape index (κ1) is 11.7. The molecule has 1 aromatic carbocycles. The molecule has 90 valence electrons. The molecule has 0 N–H and O–H groups in total. The topological polar surface area (TPSA) is 55.8 Å². The zero-order valence-corrected chi connectivity index (χ0v) is 9.86. The maximum atomic E-state index is 11.5. The van der Waals surface area contributed by atoms with Crippen molar-refractivity contribution >= 4 is 29.7 Å². The van der Waals surface area contributed by atoms with Crippen molar-refractivity contribution in [3.05, 3.63) is 22.7 Å². The van der Waals surface area contributed by atoms with E-state index in [4.69, 9.17) is 16.3 Å². The number of hydrogen-bond acceptors (Lipinski definition) is 4. The summed E-state index contributed by atoms with van der Waals surface area (Å²) in [6.45, 7) is 0.388. The van der Waals surface area contributed by atoms with Gasteiger partial charge in [0.05, 0.1) is 5.69 Å². The first-order valence-corrected chi connectivity index (χ1v) is 5.28. The molecule has 1 aliphatic heterocycles. The summed E-state index contributed by atoms with van der Waals surface area (Å²) >= 11 is 5.94. The van der Waals surface area contributed by atoms with Crippen molar-refractivity contribution < 1.29 is 19.1 Å². The Bertz CT molecular complexity index is 475. The van der Waals surface area contributed by atoms with Crippen LogP contribution in [0.25, 0.3) is 0 Å². The maximum absolute atomic E-state index is 11.5. The van der Waals surface area contributed by atoms with Crippen LogP contribution in [0, 0.1) is 0 Å². The normalized spacial score (nSPS) is 14.0. The van der Waals surface area contributed by atoms with Crippen LogP contribution in [0.4, 0.5) is 5.69 Å². The van der Waals surface area contributed by atoms with E-state index in [0.29, 0.717) is 28.5 Å². The van der Waals surface area contributed by atoms with Crippen LogP contribution in [0.1, 0.15) is 5.56 Å². The van der Waals surface area contributed by atoms with Crippen LogP contribution in [0.3, 0.4) is 0 Å². The van der Waals surface area contributed by atoms with Gasteiger partial charge in [0.2, 0.25) is 0 Å². The number of rotatable bonds is 3. The van der Waals surface area contributed by atoms with Crippen LogP contribution < -0.4 is 9.64 Å². The molecular formula is C11H10ClNO4. The fourth-order valence-corrected chi connectivity index (χ4v) is 1.88. The summed E-state index contributed by atoms with van der Waals surface area (Å²) in [5.74, 6) is 0.375. The van der Waals surface area contributed by atoms with Crippen molar-refractivity contribution in [1.29, 1.82) is 0 Å². The third-order valence-electron chi connectivity index (χ3n) is 2.49. The largest absolute Gasteiger partial charge is 0.481 e. The number of likely N-dealkylation sites (N-methyl/N-ethyl adjacent to an activating group) is 1. The average Bonchev–Trinajstić information content (AvgIpc) is 2.31. The highest BCUT2D eigenvalue weighted by atomic mass is 35.5. The number of hydrogen-bond donors (Lipinski definition) is 0. The van der Waals surface area contributed by atoms with Crippen LogP contribution in [0.5, 0.6) is 5.75 Å². The van der Waals surface area contributed by atoms with Crippen molar-refractivity contribution in [2.75, 3.05) is 18.6 Å². The SMILES string of the molecule is CN1C(=O)COc2c(COC=O)cc(Cl)cc21. The lowest BCUT2D eigenvalue weighted by molar-refractivity contribution is -0.130. The van der Waals surface area contributed by atoms with E-state index in [2.05, 4.69) is 4.74 Å². The van der Waals surface area contributed by atoms with Gasteiger partial charge in [-0.15, -0.1) is 0 Å². The van der Waals surface area contributed by atoms with Gasteiger partial charge in [0.1, 0.15) is 6.61 Å². The molecule has 0 saturated heterocycles. The number of ether oxygens (including phenoxy) is 2. The molecule has 0 saturated carbocycles. The van der Waals surface area contributed by atoms with Crippen molar-refractivity contribution in [3.63, 3.8) is 0 Å². The van der Waals surface area contributed by atoms with Gasteiger partial charge in [-0.1, -0.05) is 11.6 Å². The number of carbonyl (C=O) groups excluding carboxylic acids is 2. The minimum atomic E-state index is -0.151. The first-order valence-electron chi connectivity index (χ1n) is 4.90. The number of carbonyl (C=O) groups is 2. The smallest absolute Gasteiger partial charge is 0.293 e. The molecule has 0 unspecified atom stereocenters. The Morgan fingerprint density at radius 3 is 3.06 bits per heavy atom. The van der Waals surface area contributed by atoms with Gasteiger partial charge in [-0.3, -0.25) is 9.59 Å². The monoisotopic (exact) mass is 255 g/mol. The molecular weight excluding hydrogens is 246 g/mol. The van der Waals surface area contributed by atoms with Gasteiger partial charge in [0.15, 0.2) is 12.4 Å². The number of benzene rings is 1. The predicted octanol–water partition coefficient (Wildman–Crippen LogP) is 1.37. The second-order valence-corrected chi connectivity index (χ2v) is 4.00. The molecule has 0 fully saturated rings. The molecule has 17 heavy (non-hydrogen) atoms. The van der Waals surface area contributed by atoms with E-state index >= 15 is 0 Å². The minimum Gasteiger partial charge on any atom is -0.481 e. The Morgan fingerprint density at radius 1 is 1.59 bits per heavy atom. The molecule has 1 aromatic rings. The Kier molecular flexibility index (Phi) is 3.19. The Hall–Kier alpha value is -1.75. The summed E-state index contributed by atoms with van der Waals surface area (Å²) in [6.07, 6.45) is 0. The van der Waals surface area contributed by atoms with Gasteiger partial charge < -0.3 is 14.4 Å². The molecule has 1 amide bonds. The highest BCUT2D eigenvalue weighted by Crippen LogP contribution is 2.37. The second-order valence-electron chi connectivity index (χ2n) is 3.56. The third kappa shape index (κ3) is 2.19. The molecule has 2 rings (SSSR count). The second kappa shape index (κ2) is 4.63. The standard InChI is InChI=1S/C11H10ClNO4/c1-13-9-3-8(12)2-7(4-16-6-14)11(9)17-5-10(13)15/h2-3,6H,4-5H2,1H3. The fourth-order valence-electron chi connectivity index (χ4n) is 1.65. The Morgan fingerprint density at radius 2 is 2.35 bits per heavy atom.